The van der Waals surface area contributed by atoms with Crippen LogP contribution in [0.3, 0.4) is 0 Å². The van der Waals surface area contributed by atoms with Gasteiger partial charge in [0.05, 0.1) is 11.3 Å². The molecular formula is C35H51N5O2. The smallest absolute Gasteiger partial charge is 0.192 e. The number of ketones is 2. The van der Waals surface area contributed by atoms with Gasteiger partial charge in [0.25, 0.3) is 0 Å². The van der Waals surface area contributed by atoms with E-state index >= 15 is 0 Å². The summed E-state index contributed by atoms with van der Waals surface area (Å²) < 4.78 is 0. The Morgan fingerprint density at radius 2 is 1.86 bits per heavy atom. The molecule has 3 rings (SSSR count). The van der Waals surface area contributed by atoms with Crippen LogP contribution in [0.4, 0.5) is 0 Å². The summed E-state index contributed by atoms with van der Waals surface area (Å²) in [7, 11) is 0. The van der Waals surface area contributed by atoms with Crippen molar-refractivity contribution in [2.75, 3.05) is 13.1 Å². The van der Waals surface area contributed by atoms with Crippen molar-refractivity contribution in [3.63, 3.8) is 0 Å². The van der Waals surface area contributed by atoms with Gasteiger partial charge in [0.1, 0.15) is 11.6 Å². The molecule has 0 radical (unpaired) electrons. The van der Waals surface area contributed by atoms with Crippen LogP contribution in [-0.2, 0) is 9.59 Å². The van der Waals surface area contributed by atoms with E-state index in [1.54, 1.807) is 13.0 Å². The predicted molar refractivity (Wildman–Crippen MR) is 175 cm³/mol. The number of hydrogen-bond acceptors (Lipinski definition) is 7. The average molecular weight is 574 g/mol. The fourth-order valence-electron chi connectivity index (χ4n) is 5.68. The Labute approximate surface area is 253 Å². The number of carbonyl (C=O) groups excluding carboxylic acids is 2. The highest BCUT2D eigenvalue weighted by atomic mass is 16.2. The molecule has 0 saturated heterocycles. The molecule has 3 aliphatic rings. The maximum atomic E-state index is 12.7. The van der Waals surface area contributed by atoms with Crippen molar-refractivity contribution in [1.82, 2.24) is 9.80 Å². The van der Waals surface area contributed by atoms with E-state index in [1.807, 2.05) is 11.0 Å². The number of allylic oxidation sites excluding steroid dienone is 7. The number of hydrogen-bond donors (Lipinski definition) is 1. The highest BCUT2D eigenvalue weighted by Crippen LogP contribution is 2.35. The maximum absolute atomic E-state index is 12.7. The van der Waals surface area contributed by atoms with Gasteiger partial charge in [0, 0.05) is 30.1 Å². The first-order valence-corrected chi connectivity index (χ1v) is 15.9. The number of Topliss-reactive ketones (excluding diaryl/α,β-unsaturated/α-hetero) is 1. The first kappa shape index (κ1) is 33.0. The third kappa shape index (κ3) is 8.08. The lowest BCUT2D eigenvalue weighted by Crippen LogP contribution is -2.28. The molecule has 0 amide bonds. The van der Waals surface area contributed by atoms with Gasteiger partial charge in [0.2, 0.25) is 0 Å². The number of rotatable bonds is 14. The van der Waals surface area contributed by atoms with Gasteiger partial charge in [-0.05, 0) is 95.1 Å². The van der Waals surface area contributed by atoms with E-state index in [1.165, 1.54) is 11.6 Å². The van der Waals surface area contributed by atoms with Gasteiger partial charge < -0.3 is 15.5 Å². The fraction of sp³-hybridized carbons (Fsp3) is 0.543. The molecular weight excluding hydrogens is 522 g/mol. The number of nitrogens with zero attached hydrogens (tertiary/aromatic N) is 4. The van der Waals surface area contributed by atoms with Crippen LogP contribution in [0.1, 0.15) is 106 Å². The molecule has 1 atom stereocenters. The molecule has 0 saturated carbocycles. The highest BCUT2D eigenvalue weighted by molar-refractivity contribution is 6.35. The average Bonchev–Trinajstić information content (AvgIpc) is 3.35. The Balaban J connectivity index is 2.12. The molecule has 0 aromatic heterocycles. The quantitative estimate of drug-likeness (QED) is 0.132. The largest absolute Gasteiger partial charge is 0.382 e. The van der Waals surface area contributed by atoms with Gasteiger partial charge >= 0.3 is 0 Å². The molecule has 2 N–H and O–H groups in total. The van der Waals surface area contributed by atoms with Gasteiger partial charge in [0.15, 0.2) is 17.4 Å². The summed E-state index contributed by atoms with van der Waals surface area (Å²) in [6, 6.07) is 0. The number of nitrogens with two attached hydrogens (primary N) is 1. The predicted octanol–water partition coefficient (Wildman–Crippen LogP) is 7.51. The second-order valence-corrected chi connectivity index (χ2v) is 11.7. The van der Waals surface area contributed by atoms with Crippen LogP contribution < -0.4 is 5.73 Å². The molecule has 1 aliphatic heterocycles. The number of aliphatic imine (C=N–C) groups is 2. The van der Waals surface area contributed by atoms with Crippen LogP contribution >= 0.6 is 0 Å². The number of unbranched alkanes of at least 4 members (excludes halogenated alkanes) is 1. The van der Waals surface area contributed by atoms with Crippen molar-refractivity contribution in [3.8, 4) is 0 Å². The molecule has 0 aromatic rings. The van der Waals surface area contributed by atoms with Crippen molar-refractivity contribution in [3.05, 3.63) is 70.3 Å². The van der Waals surface area contributed by atoms with Crippen LogP contribution in [0.5, 0.6) is 0 Å². The van der Waals surface area contributed by atoms with Gasteiger partial charge in [-0.3, -0.25) is 14.6 Å². The van der Waals surface area contributed by atoms with E-state index in [-0.39, 0.29) is 17.1 Å². The monoisotopic (exact) mass is 573 g/mol. The lowest BCUT2D eigenvalue weighted by Gasteiger charge is -2.27. The normalized spacial score (nSPS) is 21.2. The topological polar surface area (TPSA) is 91.4 Å². The van der Waals surface area contributed by atoms with Crippen molar-refractivity contribution in [1.29, 1.82) is 0 Å². The summed E-state index contributed by atoms with van der Waals surface area (Å²) in [4.78, 5) is 39.6. The van der Waals surface area contributed by atoms with Crippen LogP contribution in [0.25, 0.3) is 0 Å². The SMILES string of the molecule is CCCC/C(C)=N\C1=C(CN2C(/N=C(\CC)CC(C)CCC)=C(N)N(CC)/C2=C/C=C2\C(=O)C=C(C)C2=O)CCC=C1. The summed E-state index contributed by atoms with van der Waals surface area (Å²) in [5.41, 5.74) is 12.0. The lowest BCUT2D eigenvalue weighted by atomic mass is 9.98. The first-order valence-electron chi connectivity index (χ1n) is 15.9. The molecule has 0 spiro atoms. The zero-order valence-corrected chi connectivity index (χ0v) is 26.9. The lowest BCUT2D eigenvalue weighted by molar-refractivity contribution is -0.115. The van der Waals surface area contributed by atoms with Gasteiger partial charge in [-0.15, -0.1) is 0 Å². The third-order valence-electron chi connectivity index (χ3n) is 8.10. The minimum Gasteiger partial charge on any atom is -0.382 e. The van der Waals surface area contributed by atoms with Gasteiger partial charge in [-0.2, -0.15) is 0 Å². The van der Waals surface area contributed by atoms with E-state index in [4.69, 9.17) is 15.7 Å². The van der Waals surface area contributed by atoms with Crippen molar-refractivity contribution in [2.24, 2.45) is 21.6 Å². The van der Waals surface area contributed by atoms with Crippen LogP contribution in [-0.4, -0.2) is 45.9 Å². The van der Waals surface area contributed by atoms with E-state index in [0.29, 0.717) is 30.4 Å². The van der Waals surface area contributed by atoms with Crippen molar-refractivity contribution >= 4 is 23.0 Å². The molecule has 1 heterocycles. The minimum atomic E-state index is -0.251. The second-order valence-electron chi connectivity index (χ2n) is 11.7. The Morgan fingerprint density at radius 1 is 1.10 bits per heavy atom. The van der Waals surface area contributed by atoms with Gasteiger partial charge in [-0.1, -0.05) is 53.0 Å². The first-order chi connectivity index (χ1) is 20.1. The van der Waals surface area contributed by atoms with Crippen molar-refractivity contribution in [2.45, 2.75) is 106 Å². The molecule has 0 aromatic carbocycles. The standard InChI is InChI=1S/C35H51N5O2/c1-8-12-16-26(7)37-30-18-14-13-17-27(30)23-40-32(20-19-29-31(41)22-25(6)33(29)42)39(11-4)34(36)35(40)38-28(10-3)21-24(5)15-9-2/h14,18-20,22,24H,8-13,15-17,21,23,36H2,1-7H3/b29-19+,32-20-,37-26-,38-28+. The molecule has 7 heteroatoms. The van der Waals surface area contributed by atoms with Crippen LogP contribution in [0.2, 0.25) is 0 Å². The maximum Gasteiger partial charge on any atom is 0.192 e. The Bertz CT molecular complexity index is 1290. The van der Waals surface area contributed by atoms with E-state index in [9.17, 15) is 9.59 Å². The second kappa shape index (κ2) is 15.7. The molecule has 7 nitrogen and oxygen atoms in total. The van der Waals surface area contributed by atoms with Crippen LogP contribution in [0, 0.1) is 5.92 Å². The number of carbonyl (C=O) groups is 2. The van der Waals surface area contributed by atoms with E-state index in [2.05, 4.69) is 58.6 Å². The Morgan fingerprint density at radius 3 is 2.48 bits per heavy atom. The summed E-state index contributed by atoms with van der Waals surface area (Å²) in [6.07, 6.45) is 18.4. The summed E-state index contributed by atoms with van der Waals surface area (Å²) in [5, 5.41) is 0. The minimum absolute atomic E-state index is 0.186. The molecule has 0 bridgehead atoms. The zero-order chi connectivity index (χ0) is 30.8. The zero-order valence-electron chi connectivity index (χ0n) is 26.9. The Hall–Kier alpha value is -3.48. The fourth-order valence-corrected chi connectivity index (χ4v) is 5.68. The molecule has 2 aliphatic carbocycles. The van der Waals surface area contributed by atoms with Gasteiger partial charge in [-0.25, -0.2) is 4.99 Å². The van der Waals surface area contributed by atoms with Crippen molar-refractivity contribution < 1.29 is 9.59 Å². The molecule has 1 unspecified atom stereocenters. The summed E-state index contributed by atoms with van der Waals surface area (Å²) in [6.45, 7) is 15.9. The van der Waals surface area contributed by atoms with E-state index in [0.717, 1.165) is 86.5 Å². The molecule has 42 heavy (non-hydrogen) atoms. The van der Waals surface area contributed by atoms with E-state index < -0.39 is 0 Å². The highest BCUT2D eigenvalue weighted by Gasteiger charge is 2.33. The molecule has 0 fully saturated rings. The van der Waals surface area contributed by atoms with Crippen LogP contribution in [0.15, 0.2) is 80.2 Å². The summed E-state index contributed by atoms with van der Waals surface area (Å²) in [5.74, 6) is 2.20. The molecule has 228 valence electrons. The Kier molecular flexibility index (Phi) is 12.3. The third-order valence-corrected chi connectivity index (χ3v) is 8.10. The summed E-state index contributed by atoms with van der Waals surface area (Å²) >= 11 is 0.